The van der Waals surface area contributed by atoms with Crippen LogP contribution in [0, 0.1) is 13.8 Å². The van der Waals surface area contributed by atoms with Gasteiger partial charge in [-0.3, -0.25) is 4.79 Å². The molecule has 0 heterocycles. The van der Waals surface area contributed by atoms with Crippen molar-refractivity contribution in [2.75, 3.05) is 6.61 Å². The van der Waals surface area contributed by atoms with E-state index < -0.39 is 0 Å². The number of ether oxygens (including phenoxy) is 1. The highest BCUT2D eigenvalue weighted by molar-refractivity contribution is 9.10. The fraction of sp³-hybridized carbons (Fsp3) is 0.227. The first-order valence-corrected chi connectivity index (χ1v) is 9.41. The molecular weight excluding hydrogens is 390 g/mol. The Morgan fingerprint density at radius 3 is 2.62 bits per heavy atom. The van der Waals surface area contributed by atoms with Crippen LogP contribution in [0.4, 0.5) is 0 Å². The number of hydrogen-bond donors (Lipinski definition) is 1. The summed E-state index contributed by atoms with van der Waals surface area (Å²) in [6.45, 7) is 6.12. The Bertz CT molecular complexity index is 952. The van der Waals surface area contributed by atoms with Crippen molar-refractivity contribution in [1.29, 1.82) is 0 Å². The Morgan fingerprint density at radius 2 is 1.85 bits per heavy atom. The van der Waals surface area contributed by atoms with Gasteiger partial charge in [0, 0.05) is 0 Å². The van der Waals surface area contributed by atoms with Crippen molar-refractivity contribution < 1.29 is 9.53 Å². The van der Waals surface area contributed by atoms with Gasteiger partial charge in [-0.1, -0.05) is 48.5 Å². The van der Waals surface area contributed by atoms with Crippen LogP contribution in [0.25, 0.3) is 10.8 Å². The summed E-state index contributed by atoms with van der Waals surface area (Å²) in [5.74, 6) is 0.522. The number of amides is 1. The minimum absolute atomic E-state index is 0.0217. The maximum Gasteiger partial charge on any atom is 0.258 e. The van der Waals surface area contributed by atoms with Crippen molar-refractivity contribution in [2.24, 2.45) is 0 Å². The number of hydrogen-bond acceptors (Lipinski definition) is 2. The number of fused-ring (bicyclic) bond motifs is 1. The van der Waals surface area contributed by atoms with Gasteiger partial charge in [0.25, 0.3) is 5.91 Å². The third-order valence-electron chi connectivity index (χ3n) is 4.60. The number of halogens is 1. The summed E-state index contributed by atoms with van der Waals surface area (Å²) in [6.07, 6.45) is 0. The smallest absolute Gasteiger partial charge is 0.258 e. The maximum absolute atomic E-state index is 12.3. The monoisotopic (exact) mass is 411 g/mol. The second-order valence-corrected chi connectivity index (χ2v) is 7.31. The van der Waals surface area contributed by atoms with Crippen LogP contribution in [0.1, 0.15) is 29.7 Å². The number of carbonyl (C=O) groups excluding carboxylic acids is 1. The first-order chi connectivity index (χ1) is 12.5. The second-order valence-electron chi connectivity index (χ2n) is 6.52. The van der Waals surface area contributed by atoms with Crippen molar-refractivity contribution in [3.05, 3.63) is 75.8 Å². The highest BCUT2D eigenvalue weighted by atomic mass is 79.9. The zero-order valence-electron chi connectivity index (χ0n) is 15.2. The molecule has 1 atom stereocenters. The van der Waals surface area contributed by atoms with E-state index in [-0.39, 0.29) is 18.6 Å². The molecule has 0 aliphatic rings. The molecule has 0 aliphatic carbocycles. The molecule has 0 bridgehead atoms. The minimum atomic E-state index is -0.143. The minimum Gasteiger partial charge on any atom is -0.483 e. The van der Waals surface area contributed by atoms with Crippen LogP contribution >= 0.6 is 15.9 Å². The molecule has 3 aromatic rings. The van der Waals surface area contributed by atoms with E-state index in [0.717, 1.165) is 20.8 Å². The van der Waals surface area contributed by atoms with Gasteiger partial charge in [-0.15, -0.1) is 0 Å². The average Bonchev–Trinajstić information content (AvgIpc) is 2.63. The van der Waals surface area contributed by atoms with Gasteiger partial charge in [0.2, 0.25) is 0 Å². The highest BCUT2D eigenvalue weighted by Crippen LogP contribution is 2.33. The third kappa shape index (κ3) is 4.07. The summed E-state index contributed by atoms with van der Waals surface area (Å²) in [5.41, 5.74) is 3.56. The summed E-state index contributed by atoms with van der Waals surface area (Å²) >= 11 is 3.58. The van der Waals surface area contributed by atoms with Crippen LogP contribution in [-0.4, -0.2) is 12.5 Å². The predicted octanol–water partition coefficient (Wildman–Crippen LogP) is 5.48. The topological polar surface area (TPSA) is 38.3 Å². The van der Waals surface area contributed by atoms with E-state index in [4.69, 9.17) is 4.74 Å². The third-order valence-corrected chi connectivity index (χ3v) is 5.41. The summed E-state index contributed by atoms with van der Waals surface area (Å²) in [7, 11) is 0. The van der Waals surface area contributed by atoms with Crippen LogP contribution < -0.4 is 10.1 Å². The molecule has 0 unspecified atom stereocenters. The van der Waals surface area contributed by atoms with Gasteiger partial charge in [-0.05, 0) is 70.2 Å². The van der Waals surface area contributed by atoms with E-state index in [1.165, 1.54) is 11.1 Å². The second kappa shape index (κ2) is 7.92. The van der Waals surface area contributed by atoms with Crippen LogP contribution in [0.3, 0.4) is 0 Å². The van der Waals surface area contributed by atoms with Crippen LogP contribution in [-0.2, 0) is 4.79 Å². The molecule has 4 heteroatoms. The fourth-order valence-corrected chi connectivity index (χ4v) is 3.48. The zero-order valence-corrected chi connectivity index (χ0v) is 16.8. The predicted molar refractivity (Wildman–Crippen MR) is 110 cm³/mol. The van der Waals surface area contributed by atoms with Gasteiger partial charge in [0.05, 0.1) is 10.5 Å². The lowest BCUT2D eigenvalue weighted by Gasteiger charge is -2.16. The Kier molecular flexibility index (Phi) is 5.62. The normalized spacial score (nSPS) is 12.0. The molecule has 3 rings (SSSR count). The van der Waals surface area contributed by atoms with Crippen molar-refractivity contribution in [3.63, 3.8) is 0 Å². The molecule has 0 saturated heterocycles. The first kappa shape index (κ1) is 18.5. The number of aryl methyl sites for hydroxylation is 2. The number of nitrogens with one attached hydrogen (secondary N) is 1. The first-order valence-electron chi connectivity index (χ1n) is 8.62. The fourth-order valence-electron chi connectivity index (χ4n) is 2.87. The lowest BCUT2D eigenvalue weighted by Crippen LogP contribution is -2.31. The number of rotatable bonds is 5. The van der Waals surface area contributed by atoms with Crippen LogP contribution in [0.5, 0.6) is 5.75 Å². The molecule has 0 fully saturated rings. The molecule has 0 radical (unpaired) electrons. The van der Waals surface area contributed by atoms with E-state index in [9.17, 15) is 4.79 Å². The van der Waals surface area contributed by atoms with E-state index in [1.807, 2.05) is 49.4 Å². The summed E-state index contributed by atoms with van der Waals surface area (Å²) in [5, 5.41) is 5.18. The lowest BCUT2D eigenvalue weighted by atomic mass is 10.0. The quantitative estimate of drug-likeness (QED) is 0.603. The Balaban J connectivity index is 1.63. The molecule has 1 N–H and O–H groups in total. The highest BCUT2D eigenvalue weighted by Gasteiger charge is 2.12. The van der Waals surface area contributed by atoms with Crippen molar-refractivity contribution in [1.82, 2.24) is 5.32 Å². The molecule has 0 aliphatic heterocycles. The molecule has 3 nitrogen and oxygen atoms in total. The Morgan fingerprint density at radius 1 is 1.08 bits per heavy atom. The zero-order chi connectivity index (χ0) is 18.7. The SMILES string of the molecule is Cc1ccc([C@@H](C)NC(=O)COc2ccc3ccccc3c2Br)cc1C. The van der Waals surface area contributed by atoms with Gasteiger partial charge < -0.3 is 10.1 Å². The standard InChI is InChI=1S/C22H22BrNO2/c1-14-8-9-18(12-15(14)2)16(3)24-21(25)13-26-20-11-10-17-6-4-5-7-19(17)22(20)23/h4-12,16H,13H2,1-3H3,(H,24,25)/t16-/m1/s1. The molecule has 1 amide bonds. The van der Waals surface area contributed by atoms with Crippen molar-refractivity contribution in [3.8, 4) is 5.75 Å². The Hall–Kier alpha value is -2.33. The lowest BCUT2D eigenvalue weighted by molar-refractivity contribution is -0.123. The van der Waals surface area contributed by atoms with Gasteiger partial charge in [0.1, 0.15) is 5.75 Å². The van der Waals surface area contributed by atoms with Crippen molar-refractivity contribution >= 4 is 32.6 Å². The van der Waals surface area contributed by atoms with Gasteiger partial charge >= 0.3 is 0 Å². The van der Waals surface area contributed by atoms with Gasteiger partial charge in [-0.2, -0.15) is 0 Å². The van der Waals surface area contributed by atoms with Gasteiger partial charge in [-0.25, -0.2) is 0 Å². The average molecular weight is 412 g/mol. The largest absolute Gasteiger partial charge is 0.483 e. The molecule has 0 spiro atoms. The molecule has 0 aromatic heterocycles. The summed E-state index contributed by atoms with van der Waals surface area (Å²) in [4.78, 5) is 12.3. The summed E-state index contributed by atoms with van der Waals surface area (Å²) in [6, 6.07) is 18.1. The molecule has 134 valence electrons. The number of benzene rings is 3. The van der Waals surface area contributed by atoms with Crippen LogP contribution in [0.15, 0.2) is 59.1 Å². The molecule has 26 heavy (non-hydrogen) atoms. The maximum atomic E-state index is 12.3. The van der Waals surface area contributed by atoms with E-state index in [0.29, 0.717) is 5.75 Å². The Labute approximate surface area is 162 Å². The summed E-state index contributed by atoms with van der Waals surface area (Å²) < 4.78 is 6.59. The molecule has 0 saturated carbocycles. The van der Waals surface area contributed by atoms with Crippen molar-refractivity contribution in [2.45, 2.75) is 26.8 Å². The molecular formula is C22H22BrNO2. The van der Waals surface area contributed by atoms with E-state index in [2.05, 4.69) is 47.2 Å². The number of carbonyl (C=O) groups is 1. The van der Waals surface area contributed by atoms with E-state index in [1.54, 1.807) is 0 Å². The van der Waals surface area contributed by atoms with Gasteiger partial charge in [0.15, 0.2) is 6.61 Å². The van der Waals surface area contributed by atoms with Crippen LogP contribution in [0.2, 0.25) is 0 Å². The van der Waals surface area contributed by atoms with E-state index >= 15 is 0 Å². The molecule has 3 aromatic carbocycles.